The number of hydrogen-bond donors (Lipinski definition) is 4. The summed E-state index contributed by atoms with van der Waals surface area (Å²) in [5, 5.41) is 20.0. The van der Waals surface area contributed by atoms with Crippen LogP contribution >= 0.6 is 0 Å². The molecule has 0 bridgehead atoms. The van der Waals surface area contributed by atoms with Gasteiger partial charge in [-0.1, -0.05) is 12.1 Å². The van der Waals surface area contributed by atoms with E-state index in [1.807, 2.05) is 0 Å². The van der Waals surface area contributed by atoms with Crippen LogP contribution in [0.5, 0.6) is 0 Å². The fourth-order valence-corrected chi connectivity index (χ4v) is 1.82. The second-order valence-corrected chi connectivity index (χ2v) is 4.63. The van der Waals surface area contributed by atoms with Crippen LogP contribution in [0.1, 0.15) is 37.3 Å². The van der Waals surface area contributed by atoms with Crippen molar-refractivity contribution in [3.05, 3.63) is 29.8 Å². The van der Waals surface area contributed by atoms with Gasteiger partial charge in [-0.05, 0) is 24.1 Å². The van der Waals surface area contributed by atoms with Crippen molar-refractivity contribution in [3.63, 3.8) is 0 Å². The maximum atomic E-state index is 11.7. The number of carboxylic acids is 2. The number of benzene rings is 1. The lowest BCUT2D eigenvalue weighted by Crippen LogP contribution is -2.30. The first-order chi connectivity index (χ1) is 9.88. The lowest BCUT2D eigenvalue weighted by Gasteiger charge is -2.17. The molecule has 1 amide bonds. The molecule has 5 N–H and O–H groups in total. The van der Waals surface area contributed by atoms with Gasteiger partial charge in [-0.2, -0.15) is 0 Å². The van der Waals surface area contributed by atoms with Gasteiger partial charge in [0.2, 0.25) is 5.91 Å². The van der Waals surface area contributed by atoms with Crippen molar-refractivity contribution in [1.29, 1.82) is 0 Å². The molecule has 114 valence electrons. The number of aliphatic carboxylic acids is 2. The molecule has 1 aromatic rings. The van der Waals surface area contributed by atoms with Crippen LogP contribution < -0.4 is 11.1 Å². The Morgan fingerprint density at radius 2 is 1.67 bits per heavy atom. The number of hydrogen-bond acceptors (Lipinski definition) is 4. The van der Waals surface area contributed by atoms with Crippen molar-refractivity contribution in [3.8, 4) is 0 Å². The van der Waals surface area contributed by atoms with E-state index < -0.39 is 18.0 Å². The third kappa shape index (κ3) is 6.42. The van der Waals surface area contributed by atoms with Gasteiger partial charge >= 0.3 is 11.9 Å². The molecule has 0 fully saturated rings. The SMILES string of the molecule is Nc1ccc([C@@H](CC(=O)O)NC(=O)CCCC(=O)O)cc1. The van der Waals surface area contributed by atoms with Crippen molar-refractivity contribution >= 4 is 23.5 Å². The van der Waals surface area contributed by atoms with Crippen molar-refractivity contribution in [2.75, 3.05) is 5.73 Å². The fraction of sp³-hybridized carbons (Fsp3) is 0.357. The summed E-state index contributed by atoms with van der Waals surface area (Å²) >= 11 is 0. The molecule has 0 aliphatic carbocycles. The molecule has 7 nitrogen and oxygen atoms in total. The Bertz CT molecular complexity index is 513. The second-order valence-electron chi connectivity index (χ2n) is 4.63. The van der Waals surface area contributed by atoms with Crippen molar-refractivity contribution in [1.82, 2.24) is 5.32 Å². The molecule has 1 atom stereocenters. The van der Waals surface area contributed by atoms with Crippen LogP contribution in [0.15, 0.2) is 24.3 Å². The molecule has 1 aromatic carbocycles. The van der Waals surface area contributed by atoms with E-state index in [-0.39, 0.29) is 31.6 Å². The highest BCUT2D eigenvalue weighted by Gasteiger charge is 2.18. The minimum absolute atomic E-state index is 0.0391. The van der Waals surface area contributed by atoms with E-state index >= 15 is 0 Å². The summed E-state index contributed by atoms with van der Waals surface area (Å²) in [7, 11) is 0. The average molecular weight is 294 g/mol. The predicted molar refractivity (Wildman–Crippen MR) is 75.5 cm³/mol. The van der Waals surface area contributed by atoms with Crippen molar-refractivity contribution in [2.45, 2.75) is 31.7 Å². The van der Waals surface area contributed by atoms with E-state index in [2.05, 4.69) is 5.32 Å². The van der Waals surface area contributed by atoms with Gasteiger partial charge in [-0.3, -0.25) is 14.4 Å². The molecule has 0 unspecified atom stereocenters. The van der Waals surface area contributed by atoms with Crippen LogP contribution in [-0.4, -0.2) is 28.1 Å². The van der Waals surface area contributed by atoms with Crippen LogP contribution in [0, 0.1) is 0 Å². The van der Waals surface area contributed by atoms with E-state index in [0.717, 1.165) is 0 Å². The smallest absolute Gasteiger partial charge is 0.305 e. The zero-order valence-electron chi connectivity index (χ0n) is 11.4. The number of rotatable bonds is 8. The van der Waals surface area contributed by atoms with Gasteiger partial charge in [-0.25, -0.2) is 0 Å². The van der Waals surface area contributed by atoms with Crippen molar-refractivity contribution in [2.24, 2.45) is 0 Å². The summed E-state index contributed by atoms with van der Waals surface area (Å²) in [5.41, 5.74) is 6.74. The summed E-state index contributed by atoms with van der Waals surface area (Å²) in [5.74, 6) is -2.38. The van der Waals surface area contributed by atoms with E-state index in [1.54, 1.807) is 24.3 Å². The number of carbonyl (C=O) groups excluding carboxylic acids is 1. The lowest BCUT2D eigenvalue weighted by molar-refractivity contribution is -0.138. The first kappa shape index (κ1) is 16.5. The number of nitrogens with two attached hydrogens (primary N) is 1. The first-order valence-corrected chi connectivity index (χ1v) is 6.47. The van der Waals surface area contributed by atoms with Gasteiger partial charge in [0, 0.05) is 18.5 Å². The van der Waals surface area contributed by atoms with Crippen LogP contribution in [0.4, 0.5) is 5.69 Å². The van der Waals surface area contributed by atoms with E-state index in [9.17, 15) is 14.4 Å². The van der Waals surface area contributed by atoms with Gasteiger partial charge in [0.05, 0.1) is 12.5 Å². The maximum Gasteiger partial charge on any atom is 0.305 e. The fourth-order valence-electron chi connectivity index (χ4n) is 1.82. The van der Waals surface area contributed by atoms with Crippen LogP contribution in [-0.2, 0) is 14.4 Å². The molecule has 0 heterocycles. The zero-order chi connectivity index (χ0) is 15.8. The monoisotopic (exact) mass is 294 g/mol. The molecule has 0 aromatic heterocycles. The minimum atomic E-state index is -1.04. The Morgan fingerprint density at radius 3 is 2.19 bits per heavy atom. The number of amides is 1. The molecule has 0 saturated heterocycles. The highest BCUT2D eigenvalue weighted by Crippen LogP contribution is 2.18. The van der Waals surface area contributed by atoms with Gasteiger partial charge < -0.3 is 21.3 Å². The Balaban J connectivity index is 2.65. The highest BCUT2D eigenvalue weighted by molar-refractivity contribution is 5.78. The second kappa shape index (κ2) is 7.88. The number of nitrogens with one attached hydrogen (secondary N) is 1. The third-order valence-electron chi connectivity index (χ3n) is 2.85. The largest absolute Gasteiger partial charge is 0.481 e. The Hall–Kier alpha value is -2.57. The highest BCUT2D eigenvalue weighted by atomic mass is 16.4. The van der Waals surface area contributed by atoms with Crippen LogP contribution in [0.3, 0.4) is 0 Å². The third-order valence-corrected chi connectivity index (χ3v) is 2.85. The minimum Gasteiger partial charge on any atom is -0.481 e. The van der Waals surface area contributed by atoms with E-state index in [4.69, 9.17) is 15.9 Å². The first-order valence-electron chi connectivity index (χ1n) is 6.47. The summed E-state index contributed by atoms with van der Waals surface area (Å²) < 4.78 is 0. The summed E-state index contributed by atoms with van der Waals surface area (Å²) in [4.78, 5) is 33.0. The molecule has 7 heteroatoms. The average Bonchev–Trinajstić information content (AvgIpc) is 2.37. The molecule has 0 spiro atoms. The quantitative estimate of drug-likeness (QED) is 0.532. The predicted octanol–water partition coefficient (Wildman–Crippen LogP) is 1.16. The molecule has 0 aliphatic rings. The maximum absolute atomic E-state index is 11.7. The zero-order valence-corrected chi connectivity index (χ0v) is 11.4. The summed E-state index contributed by atoms with van der Waals surface area (Å²) in [6, 6.07) is 5.89. The molecular weight excluding hydrogens is 276 g/mol. The molecule has 0 radical (unpaired) electrons. The molecule has 21 heavy (non-hydrogen) atoms. The Labute approximate surface area is 121 Å². The summed E-state index contributed by atoms with van der Waals surface area (Å²) in [6.07, 6.45) is -0.104. The summed E-state index contributed by atoms with van der Waals surface area (Å²) in [6.45, 7) is 0. The van der Waals surface area contributed by atoms with Crippen LogP contribution in [0.25, 0.3) is 0 Å². The molecule has 0 aliphatic heterocycles. The molecular formula is C14H18N2O5. The standard InChI is InChI=1S/C14H18N2O5/c15-10-6-4-9(5-7-10)11(8-14(20)21)16-12(17)2-1-3-13(18)19/h4-7,11H,1-3,8,15H2,(H,16,17)(H,18,19)(H,20,21)/t11-/m1/s1. The number of carboxylic acid groups (broad SMARTS) is 2. The topological polar surface area (TPSA) is 130 Å². The molecule has 1 rings (SSSR count). The van der Waals surface area contributed by atoms with Crippen LogP contribution in [0.2, 0.25) is 0 Å². The van der Waals surface area contributed by atoms with Gasteiger partial charge in [0.1, 0.15) is 0 Å². The number of carbonyl (C=O) groups is 3. The lowest BCUT2D eigenvalue weighted by atomic mass is 10.0. The van der Waals surface area contributed by atoms with E-state index in [0.29, 0.717) is 11.3 Å². The molecule has 0 saturated carbocycles. The van der Waals surface area contributed by atoms with Crippen molar-refractivity contribution < 1.29 is 24.6 Å². The normalized spacial score (nSPS) is 11.6. The van der Waals surface area contributed by atoms with Gasteiger partial charge in [0.15, 0.2) is 0 Å². The van der Waals surface area contributed by atoms with Gasteiger partial charge in [0.25, 0.3) is 0 Å². The number of anilines is 1. The Morgan fingerprint density at radius 1 is 1.05 bits per heavy atom. The Kier molecular flexibility index (Phi) is 6.19. The number of nitrogen functional groups attached to an aromatic ring is 1. The van der Waals surface area contributed by atoms with Gasteiger partial charge in [-0.15, -0.1) is 0 Å². The van der Waals surface area contributed by atoms with E-state index in [1.165, 1.54) is 0 Å².